The maximum Gasteiger partial charge on any atom is 0.229 e. The van der Waals surface area contributed by atoms with E-state index < -0.39 is 0 Å². The van der Waals surface area contributed by atoms with Gasteiger partial charge in [0.15, 0.2) is 0 Å². The highest BCUT2D eigenvalue weighted by Gasteiger charge is 2.39. The summed E-state index contributed by atoms with van der Waals surface area (Å²) in [5.74, 6) is 0.215. The number of thiazole rings is 1. The van der Waals surface area contributed by atoms with Gasteiger partial charge in [0.2, 0.25) is 5.91 Å². The van der Waals surface area contributed by atoms with E-state index in [2.05, 4.69) is 34.1 Å². The summed E-state index contributed by atoms with van der Waals surface area (Å²) in [5.41, 5.74) is 4.63. The van der Waals surface area contributed by atoms with Crippen LogP contribution in [-0.2, 0) is 17.6 Å². The zero-order valence-corrected chi connectivity index (χ0v) is 16.6. The molecule has 1 aromatic carbocycles. The highest BCUT2D eigenvalue weighted by Crippen LogP contribution is 2.41. The van der Waals surface area contributed by atoms with Gasteiger partial charge in [-0.2, -0.15) is 0 Å². The molecule has 0 saturated heterocycles. The Hall–Kier alpha value is -2.53. The van der Waals surface area contributed by atoms with Gasteiger partial charge >= 0.3 is 0 Å². The van der Waals surface area contributed by atoms with E-state index in [4.69, 9.17) is 4.98 Å². The molecular formula is C23H23N3OS. The molecule has 3 aromatic rings. The van der Waals surface area contributed by atoms with Crippen molar-refractivity contribution in [3.8, 4) is 10.6 Å². The fraction of sp³-hybridized carbons (Fsp3) is 0.348. The summed E-state index contributed by atoms with van der Waals surface area (Å²) in [6.45, 7) is 0. The van der Waals surface area contributed by atoms with Gasteiger partial charge in [-0.3, -0.25) is 9.78 Å². The SMILES string of the molecule is O=C(Cc1csc(-c2cccnc2)n1)N(C1CC1)C1CCCc2ccccc21. The van der Waals surface area contributed by atoms with Gasteiger partial charge in [0.25, 0.3) is 0 Å². The van der Waals surface area contributed by atoms with Crippen molar-refractivity contribution >= 4 is 17.2 Å². The fourth-order valence-electron chi connectivity index (χ4n) is 4.26. The molecule has 1 saturated carbocycles. The van der Waals surface area contributed by atoms with E-state index in [1.165, 1.54) is 11.1 Å². The number of hydrogen-bond donors (Lipinski definition) is 0. The van der Waals surface area contributed by atoms with E-state index in [1.54, 1.807) is 17.5 Å². The smallest absolute Gasteiger partial charge is 0.229 e. The monoisotopic (exact) mass is 389 g/mol. The predicted molar refractivity (Wildman–Crippen MR) is 111 cm³/mol. The van der Waals surface area contributed by atoms with Crippen molar-refractivity contribution in [3.05, 3.63) is 71.0 Å². The molecule has 2 aromatic heterocycles. The van der Waals surface area contributed by atoms with Crippen LogP contribution in [0.3, 0.4) is 0 Å². The molecule has 5 heteroatoms. The lowest BCUT2D eigenvalue weighted by Crippen LogP contribution is -2.39. The number of carbonyl (C=O) groups is 1. The first kappa shape index (κ1) is 17.6. The molecule has 0 bridgehead atoms. The zero-order valence-electron chi connectivity index (χ0n) is 15.8. The summed E-state index contributed by atoms with van der Waals surface area (Å²) < 4.78 is 0. The van der Waals surface area contributed by atoms with Gasteiger partial charge in [-0.15, -0.1) is 11.3 Å². The molecule has 1 amide bonds. The van der Waals surface area contributed by atoms with Crippen LogP contribution in [0, 0.1) is 0 Å². The van der Waals surface area contributed by atoms with Crippen molar-refractivity contribution in [1.82, 2.24) is 14.9 Å². The number of aryl methyl sites for hydroxylation is 1. The van der Waals surface area contributed by atoms with Gasteiger partial charge in [-0.05, 0) is 55.4 Å². The Labute approximate surface area is 169 Å². The van der Waals surface area contributed by atoms with Gasteiger partial charge in [-0.25, -0.2) is 4.98 Å². The lowest BCUT2D eigenvalue weighted by atomic mass is 9.86. The largest absolute Gasteiger partial charge is 0.332 e. The molecule has 1 unspecified atom stereocenters. The van der Waals surface area contributed by atoms with E-state index in [0.29, 0.717) is 12.5 Å². The second kappa shape index (κ2) is 7.47. The van der Waals surface area contributed by atoms with E-state index >= 15 is 0 Å². The van der Waals surface area contributed by atoms with Crippen LogP contribution in [0.1, 0.15) is 48.5 Å². The van der Waals surface area contributed by atoms with E-state index in [1.807, 2.05) is 23.7 Å². The maximum atomic E-state index is 13.3. The normalized spacial score (nSPS) is 18.5. The van der Waals surface area contributed by atoms with Gasteiger partial charge in [0.05, 0.1) is 18.2 Å². The van der Waals surface area contributed by atoms with Crippen LogP contribution in [0.4, 0.5) is 0 Å². The highest BCUT2D eigenvalue weighted by atomic mass is 32.1. The Morgan fingerprint density at radius 3 is 2.86 bits per heavy atom. The Morgan fingerprint density at radius 2 is 2.04 bits per heavy atom. The number of nitrogens with zero attached hydrogens (tertiary/aromatic N) is 3. The number of pyridine rings is 1. The number of hydrogen-bond acceptors (Lipinski definition) is 4. The topological polar surface area (TPSA) is 46.1 Å². The van der Waals surface area contributed by atoms with E-state index in [-0.39, 0.29) is 11.9 Å². The number of fused-ring (bicyclic) bond motifs is 1. The molecule has 2 aliphatic carbocycles. The van der Waals surface area contributed by atoms with E-state index in [0.717, 1.165) is 48.4 Å². The molecule has 4 nitrogen and oxygen atoms in total. The van der Waals surface area contributed by atoms with Crippen molar-refractivity contribution in [2.75, 3.05) is 0 Å². The number of carbonyl (C=O) groups excluding carboxylic acids is 1. The maximum absolute atomic E-state index is 13.3. The van der Waals surface area contributed by atoms with Crippen LogP contribution in [-0.4, -0.2) is 26.8 Å². The van der Waals surface area contributed by atoms with E-state index in [9.17, 15) is 4.79 Å². The second-order valence-electron chi connectivity index (χ2n) is 7.70. The third-order valence-electron chi connectivity index (χ3n) is 5.69. The van der Waals surface area contributed by atoms with Crippen molar-refractivity contribution in [1.29, 1.82) is 0 Å². The molecule has 1 atom stereocenters. The Balaban J connectivity index is 1.37. The Kier molecular flexibility index (Phi) is 4.69. The first-order valence-electron chi connectivity index (χ1n) is 10.0. The van der Waals surface area contributed by atoms with Crippen LogP contribution >= 0.6 is 11.3 Å². The van der Waals surface area contributed by atoms with Crippen molar-refractivity contribution in [3.63, 3.8) is 0 Å². The van der Waals surface area contributed by atoms with Crippen LogP contribution < -0.4 is 0 Å². The van der Waals surface area contributed by atoms with Crippen LogP contribution in [0.25, 0.3) is 10.6 Å². The molecule has 5 rings (SSSR count). The lowest BCUT2D eigenvalue weighted by Gasteiger charge is -2.36. The summed E-state index contributed by atoms with van der Waals surface area (Å²) >= 11 is 1.58. The average Bonchev–Trinajstić information content (AvgIpc) is 3.46. The minimum atomic E-state index is 0.215. The van der Waals surface area contributed by atoms with Gasteiger partial charge in [-0.1, -0.05) is 24.3 Å². The average molecular weight is 390 g/mol. The molecule has 0 aliphatic heterocycles. The quantitative estimate of drug-likeness (QED) is 0.629. The predicted octanol–water partition coefficient (Wildman–Crippen LogP) is 4.82. The van der Waals surface area contributed by atoms with Crippen LogP contribution in [0.15, 0.2) is 54.2 Å². The first-order chi connectivity index (χ1) is 13.8. The lowest BCUT2D eigenvalue weighted by molar-refractivity contribution is -0.134. The summed E-state index contributed by atoms with van der Waals surface area (Å²) in [5, 5.41) is 2.94. The third-order valence-corrected chi connectivity index (χ3v) is 6.63. The molecule has 0 spiro atoms. The molecule has 1 fully saturated rings. The Bertz CT molecular complexity index is 980. The molecule has 2 aliphatic rings. The summed E-state index contributed by atoms with van der Waals surface area (Å²) in [7, 11) is 0. The van der Waals surface area contributed by atoms with Crippen molar-refractivity contribution < 1.29 is 4.79 Å². The molecule has 142 valence electrons. The fourth-order valence-corrected chi connectivity index (χ4v) is 5.07. The zero-order chi connectivity index (χ0) is 18.9. The minimum Gasteiger partial charge on any atom is -0.332 e. The standard InChI is InChI=1S/C23H23N3OS/c27-22(13-18-15-28-23(25-18)17-7-4-12-24-14-17)26(19-10-11-19)21-9-3-6-16-5-1-2-8-20(16)21/h1-2,4-5,7-8,12,14-15,19,21H,3,6,9-11,13H2. The number of aromatic nitrogens is 2. The Morgan fingerprint density at radius 1 is 1.14 bits per heavy atom. The number of rotatable bonds is 5. The van der Waals surface area contributed by atoms with Crippen molar-refractivity contribution in [2.45, 2.75) is 50.6 Å². The summed E-state index contributed by atoms with van der Waals surface area (Å²) in [6.07, 6.45) is 9.56. The minimum absolute atomic E-state index is 0.215. The number of benzene rings is 1. The summed E-state index contributed by atoms with van der Waals surface area (Å²) in [6, 6.07) is 13.2. The van der Waals surface area contributed by atoms with Gasteiger partial charge in [0, 0.05) is 29.4 Å². The van der Waals surface area contributed by atoms with Crippen molar-refractivity contribution in [2.24, 2.45) is 0 Å². The third kappa shape index (κ3) is 3.47. The van der Waals surface area contributed by atoms with Gasteiger partial charge < -0.3 is 4.90 Å². The van der Waals surface area contributed by atoms with Crippen LogP contribution in [0.5, 0.6) is 0 Å². The van der Waals surface area contributed by atoms with Gasteiger partial charge in [0.1, 0.15) is 5.01 Å². The summed E-state index contributed by atoms with van der Waals surface area (Å²) in [4.78, 5) is 24.4. The molecular weight excluding hydrogens is 366 g/mol. The molecule has 28 heavy (non-hydrogen) atoms. The molecule has 0 radical (unpaired) electrons. The molecule has 2 heterocycles. The first-order valence-corrected chi connectivity index (χ1v) is 10.9. The molecule has 0 N–H and O–H groups in total. The highest BCUT2D eigenvalue weighted by molar-refractivity contribution is 7.13. The number of amides is 1. The second-order valence-corrected chi connectivity index (χ2v) is 8.56. The van der Waals surface area contributed by atoms with Crippen LogP contribution in [0.2, 0.25) is 0 Å².